The second-order valence-electron chi connectivity index (χ2n) is 7.16. The minimum absolute atomic E-state index is 0.297. The van der Waals surface area contributed by atoms with E-state index in [-0.39, 0.29) is 11.8 Å². The Hall–Kier alpha value is -3.02. The van der Waals surface area contributed by atoms with Crippen molar-refractivity contribution < 1.29 is 19.1 Å². The summed E-state index contributed by atoms with van der Waals surface area (Å²) in [7, 11) is 1.60. The monoisotopic (exact) mass is 384 g/mol. The molecule has 0 atom stereocenters. The number of aryl methyl sites for hydroxylation is 2. The Bertz CT molecular complexity index is 829. The maximum absolute atomic E-state index is 12.6. The molecule has 2 aromatic rings. The lowest BCUT2D eigenvalue weighted by molar-refractivity contribution is -0.138. The Kier molecular flexibility index (Phi) is 7.04. The third-order valence-corrected chi connectivity index (χ3v) is 4.62. The van der Waals surface area contributed by atoms with Gasteiger partial charge in [0.2, 0.25) is 11.8 Å². The van der Waals surface area contributed by atoms with Crippen LogP contribution in [0.5, 0.6) is 11.5 Å². The molecule has 0 aliphatic carbocycles. The molecule has 0 aliphatic rings. The lowest BCUT2D eigenvalue weighted by Crippen LogP contribution is -2.46. The fourth-order valence-electron chi connectivity index (χ4n) is 2.44. The van der Waals surface area contributed by atoms with E-state index >= 15 is 0 Å². The van der Waals surface area contributed by atoms with Crippen molar-refractivity contribution in [3.63, 3.8) is 0 Å². The van der Waals surface area contributed by atoms with Gasteiger partial charge in [0.05, 0.1) is 13.7 Å². The molecule has 6 heteroatoms. The molecule has 2 aromatic carbocycles. The number of hydrogen-bond acceptors (Lipinski definition) is 4. The smallest absolute Gasteiger partial charge is 0.239 e. The van der Waals surface area contributed by atoms with E-state index in [4.69, 9.17) is 9.47 Å². The molecule has 0 bridgehead atoms. The van der Waals surface area contributed by atoms with Crippen LogP contribution >= 0.6 is 0 Å². The maximum Gasteiger partial charge on any atom is 0.239 e. The molecule has 28 heavy (non-hydrogen) atoms. The van der Waals surface area contributed by atoms with Crippen LogP contribution in [0, 0.1) is 19.3 Å². The highest BCUT2D eigenvalue weighted by Gasteiger charge is 2.35. The number of nitrogens with one attached hydrogen (secondary N) is 2. The van der Waals surface area contributed by atoms with Crippen molar-refractivity contribution in [3.05, 3.63) is 53.6 Å². The first kappa shape index (κ1) is 21.3. The van der Waals surface area contributed by atoms with Crippen molar-refractivity contribution in [2.24, 2.45) is 5.41 Å². The van der Waals surface area contributed by atoms with Gasteiger partial charge in [0, 0.05) is 5.69 Å². The highest BCUT2D eigenvalue weighted by atomic mass is 16.5. The molecule has 2 N–H and O–H groups in total. The fourth-order valence-corrected chi connectivity index (χ4v) is 2.44. The van der Waals surface area contributed by atoms with Crippen LogP contribution in [-0.4, -0.2) is 32.1 Å². The molecule has 0 saturated heterocycles. The average molecular weight is 384 g/mol. The number of benzene rings is 2. The Morgan fingerprint density at radius 2 is 1.57 bits per heavy atom. The van der Waals surface area contributed by atoms with Gasteiger partial charge in [-0.1, -0.05) is 6.07 Å². The quantitative estimate of drug-likeness (QED) is 0.540. The molecule has 150 valence electrons. The minimum atomic E-state index is -1.21. The largest absolute Gasteiger partial charge is 0.497 e. The SMILES string of the molecule is COc1ccc(OCCNC(=O)C(C)(C)C(=O)Nc2ccc(C)c(C)c2)cc1. The number of carbonyl (C=O) groups is 2. The van der Waals surface area contributed by atoms with Gasteiger partial charge in [-0.25, -0.2) is 0 Å². The van der Waals surface area contributed by atoms with E-state index in [9.17, 15) is 9.59 Å². The van der Waals surface area contributed by atoms with Crippen LogP contribution < -0.4 is 20.1 Å². The molecule has 0 spiro atoms. The number of methoxy groups -OCH3 is 1. The van der Waals surface area contributed by atoms with E-state index < -0.39 is 5.41 Å². The van der Waals surface area contributed by atoms with Gasteiger partial charge in [-0.15, -0.1) is 0 Å². The Morgan fingerprint density at radius 1 is 0.929 bits per heavy atom. The first-order valence-electron chi connectivity index (χ1n) is 9.18. The Labute approximate surface area is 166 Å². The van der Waals surface area contributed by atoms with E-state index in [2.05, 4.69) is 10.6 Å². The van der Waals surface area contributed by atoms with Crippen LogP contribution in [0.1, 0.15) is 25.0 Å². The highest BCUT2D eigenvalue weighted by Crippen LogP contribution is 2.21. The molecule has 6 nitrogen and oxygen atoms in total. The fraction of sp³-hybridized carbons (Fsp3) is 0.364. The molecule has 0 aromatic heterocycles. The van der Waals surface area contributed by atoms with Gasteiger partial charge in [0.1, 0.15) is 23.5 Å². The van der Waals surface area contributed by atoms with E-state index in [1.54, 1.807) is 45.2 Å². The van der Waals surface area contributed by atoms with Gasteiger partial charge in [-0.2, -0.15) is 0 Å². The first-order valence-corrected chi connectivity index (χ1v) is 9.18. The van der Waals surface area contributed by atoms with E-state index in [0.717, 1.165) is 16.9 Å². The summed E-state index contributed by atoms with van der Waals surface area (Å²) < 4.78 is 10.7. The zero-order valence-corrected chi connectivity index (χ0v) is 17.1. The lowest BCUT2D eigenvalue weighted by Gasteiger charge is -2.23. The summed E-state index contributed by atoms with van der Waals surface area (Å²) in [6.07, 6.45) is 0. The van der Waals surface area contributed by atoms with Gasteiger partial charge < -0.3 is 20.1 Å². The maximum atomic E-state index is 12.6. The molecule has 0 saturated carbocycles. The number of rotatable bonds is 8. The summed E-state index contributed by atoms with van der Waals surface area (Å²) in [5.41, 5.74) is 1.69. The predicted molar refractivity (Wildman–Crippen MR) is 110 cm³/mol. The van der Waals surface area contributed by atoms with Crippen molar-refractivity contribution in [2.75, 3.05) is 25.6 Å². The number of carbonyl (C=O) groups excluding carboxylic acids is 2. The van der Waals surface area contributed by atoms with Crippen molar-refractivity contribution in [3.8, 4) is 11.5 Å². The van der Waals surface area contributed by atoms with Gasteiger partial charge in [0.15, 0.2) is 0 Å². The topological polar surface area (TPSA) is 76.7 Å². The van der Waals surface area contributed by atoms with Crippen molar-refractivity contribution in [1.29, 1.82) is 0 Å². The zero-order valence-electron chi connectivity index (χ0n) is 17.1. The van der Waals surface area contributed by atoms with Crippen molar-refractivity contribution in [2.45, 2.75) is 27.7 Å². The van der Waals surface area contributed by atoms with Gasteiger partial charge in [-0.3, -0.25) is 9.59 Å². The third-order valence-electron chi connectivity index (χ3n) is 4.62. The summed E-state index contributed by atoms with van der Waals surface area (Å²) in [5, 5.41) is 5.57. The van der Waals surface area contributed by atoms with Crippen LogP contribution in [0.25, 0.3) is 0 Å². The van der Waals surface area contributed by atoms with Crippen LogP contribution in [0.4, 0.5) is 5.69 Å². The van der Waals surface area contributed by atoms with E-state index in [0.29, 0.717) is 24.6 Å². The van der Waals surface area contributed by atoms with Crippen LogP contribution in [0.2, 0.25) is 0 Å². The van der Waals surface area contributed by atoms with E-state index in [1.165, 1.54) is 0 Å². The van der Waals surface area contributed by atoms with Gasteiger partial charge in [0.25, 0.3) is 0 Å². The van der Waals surface area contributed by atoms with Crippen LogP contribution in [0.15, 0.2) is 42.5 Å². The molecule has 0 fully saturated rings. The molecule has 0 unspecified atom stereocenters. The average Bonchev–Trinajstić information content (AvgIpc) is 2.68. The second-order valence-corrected chi connectivity index (χ2v) is 7.16. The van der Waals surface area contributed by atoms with Crippen LogP contribution in [-0.2, 0) is 9.59 Å². The summed E-state index contributed by atoms with van der Waals surface area (Å²) in [4.78, 5) is 25.0. The second kappa shape index (κ2) is 9.26. The normalized spacial score (nSPS) is 10.9. The standard InChI is InChI=1S/C22H28N2O4/c1-15-6-7-17(14-16(15)2)24-21(26)22(3,4)20(25)23-12-13-28-19-10-8-18(27-5)9-11-19/h6-11,14H,12-13H2,1-5H3,(H,23,25)(H,24,26). The predicted octanol–water partition coefficient (Wildman–Crippen LogP) is 3.47. The van der Waals surface area contributed by atoms with Gasteiger partial charge in [-0.05, 0) is 75.2 Å². The van der Waals surface area contributed by atoms with Gasteiger partial charge >= 0.3 is 0 Å². The number of amides is 2. The molecule has 0 heterocycles. The molecular formula is C22H28N2O4. The van der Waals surface area contributed by atoms with E-state index in [1.807, 2.05) is 32.0 Å². The Balaban J connectivity index is 1.83. The summed E-state index contributed by atoms with van der Waals surface area (Å²) in [5.74, 6) is 0.718. The molecule has 2 amide bonds. The zero-order chi connectivity index (χ0) is 20.7. The number of ether oxygens (including phenoxy) is 2. The third kappa shape index (κ3) is 5.49. The highest BCUT2D eigenvalue weighted by molar-refractivity contribution is 6.09. The van der Waals surface area contributed by atoms with Crippen molar-refractivity contribution >= 4 is 17.5 Å². The van der Waals surface area contributed by atoms with Crippen molar-refractivity contribution in [1.82, 2.24) is 5.32 Å². The number of hydrogen-bond donors (Lipinski definition) is 2. The molecular weight excluding hydrogens is 356 g/mol. The first-order chi connectivity index (χ1) is 13.2. The Morgan fingerprint density at radius 3 is 2.18 bits per heavy atom. The molecule has 0 radical (unpaired) electrons. The molecule has 0 aliphatic heterocycles. The summed E-state index contributed by atoms with van der Waals surface area (Å²) in [6, 6.07) is 12.8. The lowest BCUT2D eigenvalue weighted by atomic mass is 9.91. The summed E-state index contributed by atoms with van der Waals surface area (Å²) in [6.45, 7) is 7.78. The molecule has 2 rings (SSSR count). The summed E-state index contributed by atoms with van der Waals surface area (Å²) >= 11 is 0. The van der Waals surface area contributed by atoms with Crippen LogP contribution in [0.3, 0.4) is 0 Å². The number of anilines is 1. The minimum Gasteiger partial charge on any atom is -0.497 e.